The molecule has 1 aliphatic rings. The first-order valence-corrected chi connectivity index (χ1v) is 4.29. The predicted octanol–water partition coefficient (Wildman–Crippen LogP) is 2.63. The third kappa shape index (κ3) is 1.96. The van der Waals surface area contributed by atoms with Crippen LogP contribution in [0.1, 0.15) is 20.3 Å². The number of hydrogen-bond donors (Lipinski definition) is 1. The molecule has 2 nitrogen and oxygen atoms in total. The highest BCUT2D eigenvalue weighted by Gasteiger charge is 2.24. The van der Waals surface area contributed by atoms with E-state index in [9.17, 15) is 0 Å². The van der Waals surface area contributed by atoms with E-state index in [4.69, 9.17) is 5.26 Å². The third-order valence-corrected chi connectivity index (χ3v) is 2.49. The van der Waals surface area contributed by atoms with Crippen LogP contribution in [-0.4, -0.2) is 11.4 Å². The summed E-state index contributed by atoms with van der Waals surface area (Å²) < 4.78 is 0. The van der Waals surface area contributed by atoms with Gasteiger partial charge in [0.05, 0.1) is 6.10 Å². The van der Waals surface area contributed by atoms with Crippen LogP contribution < -0.4 is 0 Å². The van der Waals surface area contributed by atoms with E-state index >= 15 is 0 Å². The summed E-state index contributed by atoms with van der Waals surface area (Å²) in [5, 5.41) is 8.60. The fraction of sp³-hybridized carbons (Fsp3) is 0.600. The summed E-state index contributed by atoms with van der Waals surface area (Å²) in [5.74, 6) is 0.656. The Morgan fingerprint density at radius 2 is 2.25 bits per heavy atom. The molecule has 0 aromatic heterocycles. The molecule has 1 aliphatic carbocycles. The third-order valence-electron chi connectivity index (χ3n) is 2.49. The molecule has 2 heteroatoms. The van der Waals surface area contributed by atoms with Crippen molar-refractivity contribution in [2.45, 2.75) is 26.4 Å². The highest BCUT2D eigenvalue weighted by atomic mass is 17.1. The largest absolute Gasteiger partial charge is 0.252 e. The van der Waals surface area contributed by atoms with Gasteiger partial charge in [0.15, 0.2) is 0 Å². The minimum absolute atomic E-state index is 0.0725. The van der Waals surface area contributed by atoms with E-state index < -0.39 is 0 Å². The molecule has 0 fully saturated rings. The van der Waals surface area contributed by atoms with Crippen LogP contribution in [0.15, 0.2) is 24.3 Å². The molecule has 0 aromatic rings. The Hall–Kier alpha value is -0.600. The Morgan fingerprint density at radius 1 is 1.58 bits per heavy atom. The van der Waals surface area contributed by atoms with Crippen molar-refractivity contribution in [3.63, 3.8) is 0 Å². The summed E-state index contributed by atoms with van der Waals surface area (Å²) >= 11 is 0. The molecular weight excluding hydrogens is 152 g/mol. The molecule has 0 heterocycles. The Morgan fingerprint density at radius 3 is 2.75 bits per heavy atom. The fourth-order valence-electron chi connectivity index (χ4n) is 1.48. The number of rotatable bonds is 2. The maximum atomic E-state index is 8.60. The highest BCUT2D eigenvalue weighted by Crippen LogP contribution is 2.28. The maximum absolute atomic E-state index is 8.60. The van der Waals surface area contributed by atoms with Gasteiger partial charge in [0, 0.05) is 5.92 Å². The van der Waals surface area contributed by atoms with Gasteiger partial charge in [-0.15, -0.1) is 0 Å². The van der Waals surface area contributed by atoms with E-state index in [2.05, 4.69) is 23.6 Å². The topological polar surface area (TPSA) is 29.5 Å². The fourth-order valence-corrected chi connectivity index (χ4v) is 1.48. The molecule has 0 spiro atoms. The lowest BCUT2D eigenvalue weighted by molar-refractivity contribution is -0.289. The van der Waals surface area contributed by atoms with Crippen LogP contribution in [0.4, 0.5) is 0 Å². The lowest BCUT2D eigenvalue weighted by Crippen LogP contribution is -2.26. The summed E-state index contributed by atoms with van der Waals surface area (Å²) in [6.07, 6.45) is 4.98. The van der Waals surface area contributed by atoms with Crippen LogP contribution >= 0.6 is 0 Å². The first kappa shape index (κ1) is 9.49. The van der Waals surface area contributed by atoms with E-state index in [1.807, 2.05) is 13.8 Å². The molecule has 3 unspecified atom stereocenters. The van der Waals surface area contributed by atoms with E-state index in [-0.39, 0.29) is 6.10 Å². The Bertz CT molecular complexity index is 196. The van der Waals surface area contributed by atoms with Crippen molar-refractivity contribution in [2.75, 3.05) is 0 Å². The van der Waals surface area contributed by atoms with Crippen LogP contribution in [0.25, 0.3) is 0 Å². The zero-order valence-electron chi connectivity index (χ0n) is 7.66. The van der Waals surface area contributed by atoms with Gasteiger partial charge in [0.2, 0.25) is 0 Å². The maximum Gasteiger partial charge on any atom is 0.0995 e. The second-order valence-electron chi connectivity index (χ2n) is 3.58. The molecule has 68 valence electrons. The molecule has 0 radical (unpaired) electrons. The van der Waals surface area contributed by atoms with E-state index in [1.54, 1.807) is 0 Å². The minimum atomic E-state index is -0.0725. The van der Waals surface area contributed by atoms with Crippen molar-refractivity contribution in [1.82, 2.24) is 0 Å². The summed E-state index contributed by atoms with van der Waals surface area (Å²) in [4.78, 5) is 4.39. The molecule has 0 saturated carbocycles. The van der Waals surface area contributed by atoms with E-state index in [0.29, 0.717) is 11.8 Å². The monoisotopic (exact) mass is 168 g/mol. The average Bonchev–Trinajstić information content (AvgIpc) is 2.05. The smallest absolute Gasteiger partial charge is 0.0995 e. The molecular formula is C10H16O2. The average molecular weight is 168 g/mol. The Labute approximate surface area is 73.5 Å². The molecule has 12 heavy (non-hydrogen) atoms. The molecule has 0 bridgehead atoms. The SMILES string of the molecule is C=C(C)C1C=CC(C)C(OO)C1. The zero-order chi connectivity index (χ0) is 9.14. The summed E-state index contributed by atoms with van der Waals surface area (Å²) in [6, 6.07) is 0. The first-order valence-electron chi connectivity index (χ1n) is 4.29. The van der Waals surface area contributed by atoms with Crippen molar-refractivity contribution >= 4 is 0 Å². The quantitative estimate of drug-likeness (QED) is 0.390. The van der Waals surface area contributed by atoms with Crippen molar-refractivity contribution in [1.29, 1.82) is 0 Å². The van der Waals surface area contributed by atoms with Gasteiger partial charge in [-0.2, -0.15) is 0 Å². The molecule has 3 atom stereocenters. The van der Waals surface area contributed by atoms with Crippen LogP contribution in [0.2, 0.25) is 0 Å². The van der Waals surface area contributed by atoms with Gasteiger partial charge in [-0.3, -0.25) is 5.26 Å². The van der Waals surface area contributed by atoms with Crippen molar-refractivity contribution in [3.8, 4) is 0 Å². The van der Waals surface area contributed by atoms with Crippen molar-refractivity contribution in [2.24, 2.45) is 11.8 Å². The lowest BCUT2D eigenvalue weighted by Gasteiger charge is -2.27. The molecule has 0 aromatic carbocycles. The summed E-state index contributed by atoms with van der Waals surface area (Å²) in [6.45, 7) is 7.92. The van der Waals surface area contributed by atoms with Gasteiger partial charge in [-0.05, 0) is 19.3 Å². The van der Waals surface area contributed by atoms with Crippen LogP contribution in [0.5, 0.6) is 0 Å². The standard InChI is InChI=1S/C10H16O2/c1-7(2)9-5-4-8(3)10(6-9)12-11/h4-5,8-11H,1,6H2,2-3H3. The minimum Gasteiger partial charge on any atom is -0.252 e. The van der Waals surface area contributed by atoms with E-state index in [1.165, 1.54) is 0 Å². The lowest BCUT2D eigenvalue weighted by atomic mass is 9.84. The summed E-state index contributed by atoms with van der Waals surface area (Å²) in [5.41, 5.74) is 1.13. The van der Waals surface area contributed by atoms with Gasteiger partial charge < -0.3 is 0 Å². The van der Waals surface area contributed by atoms with Crippen molar-refractivity contribution in [3.05, 3.63) is 24.3 Å². The van der Waals surface area contributed by atoms with Crippen LogP contribution in [-0.2, 0) is 4.89 Å². The van der Waals surface area contributed by atoms with Crippen molar-refractivity contribution < 1.29 is 10.1 Å². The molecule has 0 aliphatic heterocycles. The Kier molecular flexibility index (Phi) is 3.06. The first-order chi connectivity index (χ1) is 5.65. The highest BCUT2D eigenvalue weighted by molar-refractivity contribution is 5.12. The van der Waals surface area contributed by atoms with E-state index in [0.717, 1.165) is 12.0 Å². The van der Waals surface area contributed by atoms with Crippen LogP contribution in [0.3, 0.4) is 0 Å². The molecule has 1 rings (SSSR count). The second-order valence-corrected chi connectivity index (χ2v) is 3.58. The van der Waals surface area contributed by atoms with Gasteiger partial charge in [-0.25, -0.2) is 4.89 Å². The zero-order valence-corrected chi connectivity index (χ0v) is 7.66. The van der Waals surface area contributed by atoms with Crippen LogP contribution in [0, 0.1) is 11.8 Å². The number of allylic oxidation sites excluding steroid dienone is 2. The van der Waals surface area contributed by atoms with Gasteiger partial charge in [0.1, 0.15) is 0 Å². The summed E-state index contributed by atoms with van der Waals surface area (Å²) in [7, 11) is 0. The predicted molar refractivity (Wildman–Crippen MR) is 48.7 cm³/mol. The van der Waals surface area contributed by atoms with Gasteiger partial charge in [-0.1, -0.05) is 31.2 Å². The normalized spacial score (nSPS) is 35.1. The second kappa shape index (κ2) is 3.87. The molecule has 0 amide bonds. The number of hydrogen-bond acceptors (Lipinski definition) is 2. The van der Waals surface area contributed by atoms with Gasteiger partial charge in [0.25, 0.3) is 0 Å². The Balaban J connectivity index is 2.64. The molecule has 0 saturated heterocycles. The van der Waals surface area contributed by atoms with Gasteiger partial charge >= 0.3 is 0 Å². The molecule has 1 N–H and O–H groups in total.